The molecule has 0 aromatic carbocycles. The summed E-state index contributed by atoms with van der Waals surface area (Å²) in [5.74, 6) is 0. The summed E-state index contributed by atoms with van der Waals surface area (Å²) in [7, 11) is 2.97. The average molecular weight is 297 g/mol. The maximum atomic E-state index is 12.6. The standard InChI is InChI=1S/C9H10BrFO3S/c1-4-5(10)7(8(11)12)15-6(4)9(13-2)14-3/h9H,1-3H3. The molecule has 1 rings (SSSR count). The summed E-state index contributed by atoms with van der Waals surface area (Å²) < 4.78 is 23.2. The summed E-state index contributed by atoms with van der Waals surface area (Å²) in [5.41, 5.74) is 0.759. The molecule has 15 heavy (non-hydrogen) atoms. The molecule has 0 atom stereocenters. The molecule has 0 unspecified atom stereocenters. The van der Waals surface area contributed by atoms with Crippen molar-refractivity contribution in [1.29, 1.82) is 0 Å². The first-order valence-corrected chi connectivity index (χ1v) is 5.68. The van der Waals surface area contributed by atoms with Gasteiger partial charge in [-0.25, -0.2) is 0 Å². The lowest BCUT2D eigenvalue weighted by molar-refractivity contribution is -0.103. The van der Waals surface area contributed by atoms with Crippen LogP contribution in [0.15, 0.2) is 4.47 Å². The van der Waals surface area contributed by atoms with Gasteiger partial charge in [0.1, 0.15) is 4.88 Å². The Labute approximate surface area is 99.3 Å². The fraction of sp³-hybridized carbons (Fsp3) is 0.444. The number of hydrogen-bond acceptors (Lipinski definition) is 4. The van der Waals surface area contributed by atoms with Crippen LogP contribution < -0.4 is 0 Å². The molecule has 84 valence electrons. The molecule has 0 aliphatic carbocycles. The van der Waals surface area contributed by atoms with E-state index in [0.717, 1.165) is 16.9 Å². The lowest BCUT2D eigenvalue weighted by Gasteiger charge is -2.12. The molecule has 1 aromatic rings. The Kier molecular flexibility index (Phi) is 4.39. The van der Waals surface area contributed by atoms with E-state index < -0.39 is 12.3 Å². The fourth-order valence-electron chi connectivity index (χ4n) is 1.17. The van der Waals surface area contributed by atoms with Crippen LogP contribution in [0.4, 0.5) is 4.39 Å². The summed E-state index contributed by atoms with van der Waals surface area (Å²) >= 11 is 4.20. The second-order valence-electron chi connectivity index (χ2n) is 2.81. The van der Waals surface area contributed by atoms with Crippen molar-refractivity contribution >= 4 is 33.3 Å². The Balaban J connectivity index is 3.20. The van der Waals surface area contributed by atoms with Crippen molar-refractivity contribution < 1.29 is 18.7 Å². The van der Waals surface area contributed by atoms with E-state index in [2.05, 4.69) is 15.9 Å². The number of thiophene rings is 1. The van der Waals surface area contributed by atoms with Gasteiger partial charge in [-0.05, 0) is 28.4 Å². The summed E-state index contributed by atoms with van der Waals surface area (Å²) in [5, 5.41) is 0. The Bertz CT molecular complexity index is 374. The van der Waals surface area contributed by atoms with E-state index in [1.165, 1.54) is 14.2 Å². The maximum absolute atomic E-state index is 12.6. The quantitative estimate of drug-likeness (QED) is 0.632. The first-order valence-electron chi connectivity index (χ1n) is 4.07. The van der Waals surface area contributed by atoms with E-state index in [1.807, 2.05) is 0 Å². The van der Waals surface area contributed by atoms with Crippen LogP contribution in [0.25, 0.3) is 0 Å². The second-order valence-corrected chi connectivity index (χ2v) is 4.66. The molecule has 0 aliphatic heterocycles. The Morgan fingerprint density at radius 1 is 1.47 bits per heavy atom. The predicted molar refractivity (Wildman–Crippen MR) is 59.0 cm³/mol. The molecule has 1 heterocycles. The van der Waals surface area contributed by atoms with Crippen molar-refractivity contribution in [2.24, 2.45) is 0 Å². The number of halogens is 2. The van der Waals surface area contributed by atoms with Gasteiger partial charge in [0.2, 0.25) is 0 Å². The molecule has 0 fully saturated rings. The van der Waals surface area contributed by atoms with Gasteiger partial charge in [0.25, 0.3) is 0 Å². The van der Waals surface area contributed by atoms with E-state index in [4.69, 9.17) is 9.47 Å². The maximum Gasteiger partial charge on any atom is 0.343 e. The molecule has 0 radical (unpaired) electrons. The fourth-order valence-corrected chi connectivity index (χ4v) is 3.00. The van der Waals surface area contributed by atoms with Crippen LogP contribution in [0.5, 0.6) is 0 Å². The first kappa shape index (κ1) is 12.8. The molecule has 0 saturated heterocycles. The van der Waals surface area contributed by atoms with Gasteiger partial charge in [-0.3, -0.25) is 4.79 Å². The van der Waals surface area contributed by atoms with Crippen molar-refractivity contribution in [3.8, 4) is 0 Å². The van der Waals surface area contributed by atoms with E-state index in [9.17, 15) is 9.18 Å². The minimum Gasteiger partial charge on any atom is -0.351 e. The summed E-state index contributed by atoms with van der Waals surface area (Å²) in [4.78, 5) is 11.4. The zero-order valence-corrected chi connectivity index (χ0v) is 10.9. The Hall–Kier alpha value is -0.300. The zero-order valence-electron chi connectivity index (χ0n) is 8.47. The molecule has 6 heteroatoms. The van der Waals surface area contributed by atoms with Gasteiger partial charge in [-0.2, -0.15) is 4.39 Å². The Morgan fingerprint density at radius 3 is 2.33 bits per heavy atom. The Morgan fingerprint density at radius 2 is 2.00 bits per heavy atom. The highest BCUT2D eigenvalue weighted by Crippen LogP contribution is 2.38. The van der Waals surface area contributed by atoms with Crippen LogP contribution in [-0.4, -0.2) is 20.3 Å². The highest BCUT2D eigenvalue weighted by molar-refractivity contribution is 9.10. The van der Waals surface area contributed by atoms with Crippen molar-refractivity contribution in [3.63, 3.8) is 0 Å². The third-order valence-corrected chi connectivity index (χ3v) is 4.47. The van der Waals surface area contributed by atoms with Crippen LogP contribution >= 0.6 is 27.3 Å². The molecule has 0 bridgehead atoms. The van der Waals surface area contributed by atoms with Crippen LogP contribution in [0.3, 0.4) is 0 Å². The number of methoxy groups -OCH3 is 2. The molecule has 0 amide bonds. The van der Waals surface area contributed by atoms with Crippen LogP contribution in [0.1, 0.15) is 26.4 Å². The molecule has 3 nitrogen and oxygen atoms in total. The van der Waals surface area contributed by atoms with E-state index in [1.54, 1.807) is 6.92 Å². The van der Waals surface area contributed by atoms with Gasteiger partial charge < -0.3 is 9.47 Å². The van der Waals surface area contributed by atoms with Crippen LogP contribution in [0.2, 0.25) is 0 Å². The van der Waals surface area contributed by atoms with Gasteiger partial charge in [0.15, 0.2) is 6.29 Å². The number of hydrogen-bond donors (Lipinski definition) is 0. The van der Waals surface area contributed by atoms with Crippen molar-refractivity contribution in [1.82, 2.24) is 0 Å². The summed E-state index contributed by atoms with van der Waals surface area (Å²) in [6.07, 6.45) is -0.570. The topological polar surface area (TPSA) is 35.5 Å². The molecular weight excluding hydrogens is 287 g/mol. The molecule has 0 saturated carbocycles. The number of carbonyl (C=O) groups is 1. The smallest absolute Gasteiger partial charge is 0.343 e. The number of carbonyl (C=O) groups excluding carboxylic acids is 1. The van der Waals surface area contributed by atoms with Gasteiger partial charge in [-0.1, -0.05) is 0 Å². The van der Waals surface area contributed by atoms with Gasteiger partial charge in [-0.15, -0.1) is 11.3 Å². The van der Waals surface area contributed by atoms with Crippen molar-refractivity contribution in [2.45, 2.75) is 13.2 Å². The van der Waals surface area contributed by atoms with E-state index in [0.29, 0.717) is 9.35 Å². The van der Waals surface area contributed by atoms with E-state index in [-0.39, 0.29) is 4.88 Å². The third-order valence-electron chi connectivity index (χ3n) is 1.93. The third kappa shape index (κ3) is 2.44. The number of ether oxygens (including phenoxy) is 2. The molecule has 0 spiro atoms. The highest BCUT2D eigenvalue weighted by atomic mass is 79.9. The molecule has 0 N–H and O–H groups in total. The van der Waals surface area contributed by atoms with Crippen LogP contribution in [-0.2, 0) is 9.47 Å². The molecular formula is C9H10BrFO3S. The van der Waals surface area contributed by atoms with Crippen molar-refractivity contribution in [2.75, 3.05) is 14.2 Å². The largest absolute Gasteiger partial charge is 0.351 e. The minimum atomic E-state index is -1.45. The highest BCUT2D eigenvalue weighted by Gasteiger charge is 2.23. The molecule has 1 aromatic heterocycles. The normalized spacial score (nSPS) is 11.1. The lowest BCUT2D eigenvalue weighted by atomic mass is 10.2. The van der Waals surface area contributed by atoms with Crippen molar-refractivity contribution in [3.05, 3.63) is 19.8 Å². The average Bonchev–Trinajstić information content (AvgIpc) is 2.48. The van der Waals surface area contributed by atoms with Gasteiger partial charge in [0.05, 0.1) is 4.88 Å². The number of rotatable bonds is 4. The second kappa shape index (κ2) is 5.16. The first-order chi connectivity index (χ1) is 7.02. The zero-order chi connectivity index (χ0) is 11.6. The van der Waals surface area contributed by atoms with Gasteiger partial charge in [0, 0.05) is 18.7 Å². The van der Waals surface area contributed by atoms with Gasteiger partial charge >= 0.3 is 6.04 Å². The summed E-state index contributed by atoms with van der Waals surface area (Å²) in [6, 6.07) is -1.45. The van der Waals surface area contributed by atoms with Crippen LogP contribution in [0, 0.1) is 6.92 Å². The lowest BCUT2D eigenvalue weighted by Crippen LogP contribution is -2.02. The SMILES string of the molecule is COC(OC)c1sc(C(=O)F)c(Br)c1C. The minimum absolute atomic E-state index is 0.0431. The monoisotopic (exact) mass is 296 g/mol. The van der Waals surface area contributed by atoms with E-state index >= 15 is 0 Å². The molecule has 0 aliphatic rings. The predicted octanol–water partition coefficient (Wildman–Crippen LogP) is 3.22. The summed E-state index contributed by atoms with van der Waals surface area (Å²) in [6.45, 7) is 1.77.